The molecule has 0 unspecified atom stereocenters. The number of nitrogen functional groups attached to an aromatic ring is 3. The highest BCUT2D eigenvalue weighted by atomic mass is 35.5. The lowest BCUT2D eigenvalue weighted by Gasteiger charge is -2.15. The predicted molar refractivity (Wildman–Crippen MR) is 396 cm³/mol. The van der Waals surface area contributed by atoms with Crippen molar-refractivity contribution in [1.82, 2.24) is 83.8 Å². The van der Waals surface area contributed by atoms with Crippen molar-refractivity contribution in [2.75, 3.05) is 23.7 Å². The number of benzene rings is 4. The van der Waals surface area contributed by atoms with Crippen LogP contribution in [0.25, 0.3) is 110 Å². The molecule has 0 bridgehead atoms. The lowest BCUT2D eigenvalue weighted by molar-refractivity contribution is 0.0945. The van der Waals surface area contributed by atoms with Gasteiger partial charge in [-0.05, 0) is 119 Å². The largest absolute Gasteiger partial charge is 0.423 e. The van der Waals surface area contributed by atoms with E-state index in [1.165, 1.54) is 43.5 Å². The Morgan fingerprint density at radius 3 is 1.76 bits per heavy atom. The molecule has 1 amide bonds. The number of hydrogen-bond acceptors (Lipinski definition) is 20. The highest BCUT2D eigenvalue weighted by Gasteiger charge is 2.30. The van der Waals surface area contributed by atoms with Crippen LogP contribution in [-0.2, 0) is 33.0 Å². The minimum atomic E-state index is -0.844. The van der Waals surface area contributed by atoms with Gasteiger partial charge in [-0.1, -0.05) is 49.4 Å². The number of pyridine rings is 3. The number of amides is 1. The number of terminal acetylenes is 3. The third-order valence-corrected chi connectivity index (χ3v) is 18.6. The molecule has 0 saturated heterocycles. The lowest BCUT2D eigenvalue weighted by Crippen LogP contribution is -2.28. The number of carbonyl (C=O) groups excluding carboxylic acids is 1. The van der Waals surface area contributed by atoms with Gasteiger partial charge in [-0.3, -0.25) is 4.79 Å². The Morgan fingerprint density at radius 2 is 1.16 bits per heavy atom. The molecule has 0 radical (unpaired) electrons. The molecule has 11 aromatic heterocycles. The number of nitrogens with two attached hydrogens (primary N) is 3. The number of ether oxygens (including phenoxy) is 2. The van der Waals surface area contributed by atoms with Crippen molar-refractivity contribution in [2.24, 2.45) is 13.0 Å². The van der Waals surface area contributed by atoms with Crippen molar-refractivity contribution < 1.29 is 23.0 Å². The van der Waals surface area contributed by atoms with E-state index >= 15 is 8.78 Å². The zero-order chi connectivity index (χ0) is 73.2. The highest BCUT2D eigenvalue weighted by Crippen LogP contribution is 2.48. The van der Waals surface area contributed by atoms with Crippen LogP contribution in [0.2, 0.25) is 5.02 Å². The molecular weight excluding hydrogens is 1350 g/mol. The Balaban J connectivity index is 0.738. The molecule has 0 saturated carbocycles. The van der Waals surface area contributed by atoms with Crippen molar-refractivity contribution >= 4 is 101 Å². The van der Waals surface area contributed by atoms with Crippen LogP contribution < -0.4 is 32.0 Å². The average Bonchev–Trinajstić information content (AvgIpc) is 1.59. The predicted octanol–water partition coefficient (Wildman–Crippen LogP) is 12.9. The minimum Gasteiger partial charge on any atom is -0.423 e. The first-order valence-corrected chi connectivity index (χ1v) is 33.1. The van der Waals surface area contributed by atoms with Gasteiger partial charge in [0.15, 0.2) is 5.82 Å². The molecule has 0 spiro atoms. The smallest absolute Gasteiger partial charge is 0.322 e. The number of nitriles is 1. The molecule has 0 aliphatic rings. The molecule has 11 heterocycles. The van der Waals surface area contributed by atoms with Gasteiger partial charge in [0.2, 0.25) is 0 Å². The van der Waals surface area contributed by atoms with Gasteiger partial charge in [0.05, 0.1) is 49.2 Å². The molecule has 27 heteroatoms. The van der Waals surface area contributed by atoms with Gasteiger partial charge in [0, 0.05) is 120 Å². The topological polar surface area (TPSA) is 332 Å². The number of anilines is 3. The van der Waals surface area contributed by atoms with Crippen molar-refractivity contribution in [3.8, 4) is 111 Å². The zero-order valence-electron chi connectivity index (χ0n) is 56.6. The molecule has 105 heavy (non-hydrogen) atoms. The quantitative estimate of drug-likeness (QED) is 0.0486. The second kappa shape index (κ2) is 26.8. The summed E-state index contributed by atoms with van der Waals surface area (Å²) in [4.78, 5) is 72.5. The van der Waals surface area contributed by atoms with Crippen LogP contribution in [-0.4, -0.2) is 90.9 Å². The van der Waals surface area contributed by atoms with Gasteiger partial charge in [0.25, 0.3) is 5.91 Å². The fourth-order valence-electron chi connectivity index (χ4n) is 13.5. The maximum Gasteiger partial charge on any atom is 0.322 e. The molecule has 0 aliphatic carbocycles. The monoisotopic (exact) mass is 1410 g/mol. The van der Waals surface area contributed by atoms with Crippen molar-refractivity contribution in [3.63, 3.8) is 0 Å². The van der Waals surface area contributed by atoms with Crippen LogP contribution in [0.5, 0.6) is 23.5 Å². The van der Waals surface area contributed by atoms with E-state index in [4.69, 9.17) is 72.5 Å². The van der Waals surface area contributed by atoms with Crippen LogP contribution in [0.15, 0.2) is 123 Å². The molecule has 0 aliphatic heterocycles. The summed E-state index contributed by atoms with van der Waals surface area (Å²) >= 11 is 7.10. The molecule has 24 nitrogen and oxygen atoms in total. The van der Waals surface area contributed by atoms with Gasteiger partial charge < -0.3 is 45.7 Å². The average molecular weight is 1410 g/mol. The first-order chi connectivity index (χ1) is 50.8. The molecule has 0 fully saturated rings. The van der Waals surface area contributed by atoms with Crippen LogP contribution in [0.3, 0.4) is 0 Å². The number of fused-ring (bicyclic) bond motifs is 10. The van der Waals surface area contributed by atoms with E-state index in [1.54, 1.807) is 67.1 Å². The number of hydrogen-bond donors (Lipinski definition) is 4. The molecule has 15 rings (SSSR count). The molecule has 512 valence electrons. The Morgan fingerprint density at radius 1 is 0.610 bits per heavy atom. The zero-order valence-corrected chi connectivity index (χ0v) is 57.3. The Kier molecular flexibility index (Phi) is 17.0. The lowest BCUT2D eigenvalue weighted by atomic mass is 9.95. The minimum absolute atomic E-state index is 0.0126. The van der Waals surface area contributed by atoms with Crippen LogP contribution in [0.1, 0.15) is 69.4 Å². The molecular formula is C78H56ClF2N21O3. The third kappa shape index (κ3) is 11.7. The maximum atomic E-state index is 16.8. The van der Waals surface area contributed by atoms with Gasteiger partial charge >= 0.3 is 12.0 Å². The standard InChI is InChI=1S/C78H56ClF2N21O3/c1-9-44-24-39(6)51(32-88-44)67-59(63-70(83)92-35-95-73(63)100(67)8)42-13-15-58(54(79)27-42)105-78-87-21-17-47(99-78)18-22-101-68(52-33-89-45(10-2)25-40(52)7)60(64-71(84)93-36-96-74(64)101)41-12-14-57(43(26-41)30-82)104-77-86-20-16-46(98-77)19-23-102-69-53-34-90-56(11-3)66(81)61(53)48-28-50(76(103)91-31-38(4)5)55(80)29-49(48)62(69)65-72(85)94-37-97-75(65)102/h1-3,12-17,20-21,24-29,32-38H,18-19,22-23,31H2,4-8H3,(H,91,103)(H2,83,92,95)(H2,84,93,96)(H2,85,94,97). The number of halogens is 3. The first kappa shape index (κ1) is 66.8. The fraction of sp³-hybridized carbons (Fsp3) is 0.141. The number of aryl methyl sites for hydroxylation is 7. The fourth-order valence-corrected chi connectivity index (χ4v) is 13.7. The molecule has 0 atom stereocenters. The number of nitrogens with zero attached hydrogens (tertiary/aromatic N) is 17. The Bertz CT molecular complexity index is 6400. The van der Waals surface area contributed by atoms with Crippen molar-refractivity contribution in [1.29, 1.82) is 5.26 Å². The third-order valence-electron chi connectivity index (χ3n) is 18.3. The summed E-state index contributed by atoms with van der Waals surface area (Å²) in [5.41, 5.74) is 30.6. The van der Waals surface area contributed by atoms with E-state index in [0.29, 0.717) is 101 Å². The number of carbonyl (C=O) groups is 1. The Labute approximate surface area is 601 Å². The van der Waals surface area contributed by atoms with E-state index in [9.17, 15) is 10.1 Å². The van der Waals surface area contributed by atoms with Crippen LogP contribution >= 0.6 is 11.6 Å². The van der Waals surface area contributed by atoms with E-state index in [0.717, 1.165) is 27.9 Å². The summed E-state index contributed by atoms with van der Waals surface area (Å²) in [5, 5.41) is 16.6. The van der Waals surface area contributed by atoms with E-state index < -0.39 is 17.5 Å². The normalized spacial score (nSPS) is 11.4. The van der Waals surface area contributed by atoms with E-state index in [2.05, 4.69) is 79.0 Å². The number of aromatic nitrogens is 16. The summed E-state index contributed by atoms with van der Waals surface area (Å²) in [6.07, 6.45) is 29.9. The van der Waals surface area contributed by atoms with Gasteiger partial charge in [-0.15, -0.1) is 19.3 Å². The summed E-state index contributed by atoms with van der Waals surface area (Å²) in [6, 6.07) is 22.3. The summed E-state index contributed by atoms with van der Waals surface area (Å²) in [7, 11) is 1.89. The second-order valence-corrected chi connectivity index (χ2v) is 25.5. The second-order valence-electron chi connectivity index (χ2n) is 25.1. The van der Waals surface area contributed by atoms with Gasteiger partial charge in [-0.2, -0.15) is 15.2 Å². The molecule has 7 N–H and O–H groups in total. The van der Waals surface area contributed by atoms with Gasteiger partial charge in [0.1, 0.15) is 93.8 Å². The maximum absolute atomic E-state index is 16.8. The number of nitrogens with one attached hydrogen (secondary N) is 1. The van der Waals surface area contributed by atoms with E-state index in [-0.39, 0.29) is 116 Å². The molecule has 4 aromatic carbocycles. The first-order valence-electron chi connectivity index (χ1n) is 32.7. The summed E-state index contributed by atoms with van der Waals surface area (Å²) in [6.45, 7) is 8.37. The van der Waals surface area contributed by atoms with Gasteiger partial charge in [-0.25, -0.2) is 63.6 Å². The van der Waals surface area contributed by atoms with Crippen LogP contribution in [0, 0.1) is 79.8 Å². The SMILES string of the molecule is C#Cc1cc(C)c(-c2c(-c3ccc(Oc4nccc(CCn5c(-c6cnc(C#C)cc6C)c(-c6ccc(Oc7nccc(CCn8c9ncnc(N)c9c9c%10cc(F)c(C(=O)NCC(C)C)cc%10c%10c(F)c(C#C)ncc%10c98)n7)c(C#N)c6)c6c(N)ncnc65)n4)c(Cl)c3)c3c(N)ncnc3n2C)cn1. The van der Waals surface area contributed by atoms with E-state index in [1.807, 2.05) is 60.6 Å². The summed E-state index contributed by atoms with van der Waals surface area (Å²) < 4.78 is 51.7. The van der Waals surface area contributed by atoms with Crippen LogP contribution in [0.4, 0.5) is 26.2 Å². The molecule has 15 aromatic rings. The summed E-state index contributed by atoms with van der Waals surface area (Å²) in [5.74, 6) is 6.17. The Hall–Kier alpha value is -14.1. The number of rotatable bonds is 17. The van der Waals surface area contributed by atoms with Crippen molar-refractivity contribution in [3.05, 3.63) is 190 Å². The van der Waals surface area contributed by atoms with Crippen molar-refractivity contribution in [2.45, 2.75) is 53.6 Å². The highest BCUT2D eigenvalue weighted by molar-refractivity contribution is 6.34.